The van der Waals surface area contributed by atoms with Crippen molar-refractivity contribution in [2.75, 3.05) is 13.1 Å². The number of aryl methyl sites for hydroxylation is 2. The molecule has 0 radical (unpaired) electrons. The van der Waals surface area contributed by atoms with Crippen LogP contribution in [0.4, 0.5) is 0 Å². The molecule has 0 N–H and O–H groups in total. The van der Waals surface area contributed by atoms with E-state index >= 15 is 0 Å². The molecule has 1 saturated heterocycles. The van der Waals surface area contributed by atoms with E-state index in [9.17, 15) is 4.79 Å². The Morgan fingerprint density at radius 1 is 1.44 bits per heavy atom. The van der Waals surface area contributed by atoms with Crippen molar-refractivity contribution in [2.24, 2.45) is 0 Å². The molecule has 1 aromatic carbocycles. The summed E-state index contributed by atoms with van der Waals surface area (Å²) >= 11 is 0. The van der Waals surface area contributed by atoms with Crippen molar-refractivity contribution in [1.82, 2.24) is 14.8 Å². The molecule has 1 aromatic heterocycles. The van der Waals surface area contributed by atoms with Crippen LogP contribution in [0.2, 0.25) is 0 Å². The summed E-state index contributed by atoms with van der Waals surface area (Å²) < 4.78 is 5.69. The van der Waals surface area contributed by atoms with E-state index in [1.807, 2.05) is 11.8 Å². The van der Waals surface area contributed by atoms with Crippen LogP contribution in [0.3, 0.4) is 0 Å². The van der Waals surface area contributed by atoms with Gasteiger partial charge in [0.1, 0.15) is 5.76 Å². The number of aromatic nitrogens is 1. The van der Waals surface area contributed by atoms with Gasteiger partial charge in [-0.25, -0.2) is 4.98 Å². The highest BCUT2D eigenvalue weighted by atomic mass is 16.4. The number of hydrogen-bond acceptors (Lipinski definition) is 4. The van der Waals surface area contributed by atoms with Gasteiger partial charge >= 0.3 is 0 Å². The second-order valence-electron chi connectivity index (χ2n) is 6.89. The fourth-order valence-electron chi connectivity index (χ4n) is 3.51. The van der Waals surface area contributed by atoms with Crippen molar-refractivity contribution in [1.29, 1.82) is 0 Å². The predicted octanol–water partition coefficient (Wildman–Crippen LogP) is 3.17. The average Bonchev–Trinajstić information content (AvgIpc) is 3.21. The molecule has 1 atom stereocenters. The lowest BCUT2D eigenvalue weighted by molar-refractivity contribution is -0.132. The Morgan fingerprint density at radius 3 is 2.96 bits per heavy atom. The van der Waals surface area contributed by atoms with Crippen LogP contribution >= 0.6 is 0 Å². The maximum absolute atomic E-state index is 12.2. The first kappa shape index (κ1) is 17.7. The van der Waals surface area contributed by atoms with Gasteiger partial charge in [-0.1, -0.05) is 36.8 Å². The van der Waals surface area contributed by atoms with E-state index in [0.29, 0.717) is 12.4 Å². The molecule has 5 nitrogen and oxygen atoms in total. The van der Waals surface area contributed by atoms with Crippen LogP contribution in [0, 0.1) is 6.92 Å². The van der Waals surface area contributed by atoms with Crippen LogP contribution in [-0.4, -0.2) is 39.8 Å². The quantitative estimate of drug-likeness (QED) is 0.810. The highest BCUT2D eigenvalue weighted by molar-refractivity contribution is 5.73. The molecule has 0 spiro atoms. The molecule has 2 aromatic rings. The monoisotopic (exact) mass is 341 g/mol. The lowest BCUT2D eigenvalue weighted by atomic mass is 10.1. The lowest BCUT2D eigenvalue weighted by Gasteiger charge is -2.27. The molecular weight excluding hydrogens is 314 g/mol. The molecule has 1 fully saturated rings. The van der Waals surface area contributed by atoms with Gasteiger partial charge in [0, 0.05) is 39.0 Å². The molecule has 1 aliphatic rings. The number of rotatable bonds is 6. The van der Waals surface area contributed by atoms with E-state index in [1.165, 1.54) is 11.1 Å². The fraction of sp³-hybridized carbons (Fsp3) is 0.500. The molecule has 0 unspecified atom stereocenters. The number of amides is 1. The molecular formula is C20H27N3O2. The second-order valence-corrected chi connectivity index (χ2v) is 6.89. The van der Waals surface area contributed by atoms with Gasteiger partial charge in [0.15, 0.2) is 0 Å². The van der Waals surface area contributed by atoms with Crippen LogP contribution < -0.4 is 0 Å². The largest absolute Gasteiger partial charge is 0.444 e. The lowest BCUT2D eigenvalue weighted by Crippen LogP contribution is -2.40. The van der Waals surface area contributed by atoms with Gasteiger partial charge < -0.3 is 9.32 Å². The van der Waals surface area contributed by atoms with Crippen molar-refractivity contribution < 1.29 is 9.21 Å². The topological polar surface area (TPSA) is 49.6 Å². The van der Waals surface area contributed by atoms with E-state index in [2.05, 4.69) is 41.1 Å². The summed E-state index contributed by atoms with van der Waals surface area (Å²) in [5, 5.41) is 0. The summed E-state index contributed by atoms with van der Waals surface area (Å²) in [6.07, 6.45) is 3.57. The second kappa shape index (κ2) is 7.83. The summed E-state index contributed by atoms with van der Waals surface area (Å²) in [7, 11) is 0. The van der Waals surface area contributed by atoms with Gasteiger partial charge in [-0.15, -0.1) is 0 Å². The highest BCUT2D eigenvalue weighted by Crippen LogP contribution is 2.21. The minimum Gasteiger partial charge on any atom is -0.444 e. The Morgan fingerprint density at radius 2 is 2.28 bits per heavy atom. The summed E-state index contributed by atoms with van der Waals surface area (Å²) in [5.41, 5.74) is 2.62. The molecule has 0 saturated carbocycles. The fourth-order valence-corrected chi connectivity index (χ4v) is 3.51. The molecule has 1 amide bonds. The van der Waals surface area contributed by atoms with E-state index in [1.54, 1.807) is 13.1 Å². The van der Waals surface area contributed by atoms with E-state index < -0.39 is 0 Å². The number of likely N-dealkylation sites (tertiary alicyclic amines) is 1. The molecule has 1 aliphatic heterocycles. The third kappa shape index (κ3) is 4.48. The molecule has 2 heterocycles. The highest BCUT2D eigenvalue weighted by Gasteiger charge is 2.30. The average molecular weight is 341 g/mol. The Balaban J connectivity index is 1.62. The van der Waals surface area contributed by atoms with Crippen LogP contribution in [0.25, 0.3) is 0 Å². The maximum atomic E-state index is 12.2. The van der Waals surface area contributed by atoms with Crippen LogP contribution in [0.1, 0.15) is 43.0 Å². The minimum atomic E-state index is 0.0821. The van der Waals surface area contributed by atoms with Gasteiger partial charge in [-0.2, -0.15) is 0 Å². The predicted molar refractivity (Wildman–Crippen MR) is 97.0 cm³/mol. The van der Waals surface area contributed by atoms with Crippen molar-refractivity contribution in [3.05, 3.63) is 53.2 Å². The smallest absolute Gasteiger partial charge is 0.220 e. The zero-order valence-corrected chi connectivity index (χ0v) is 15.4. The first-order valence-corrected chi connectivity index (χ1v) is 9.04. The van der Waals surface area contributed by atoms with Crippen molar-refractivity contribution in [2.45, 2.75) is 52.7 Å². The summed E-state index contributed by atoms with van der Waals surface area (Å²) in [6, 6.07) is 8.85. The first-order valence-electron chi connectivity index (χ1n) is 9.04. The number of carbonyl (C=O) groups excluding carboxylic acids is 1. The van der Waals surface area contributed by atoms with Crippen LogP contribution in [0.5, 0.6) is 0 Å². The van der Waals surface area contributed by atoms with Gasteiger partial charge in [0.25, 0.3) is 0 Å². The van der Waals surface area contributed by atoms with Gasteiger partial charge in [-0.3, -0.25) is 9.69 Å². The van der Waals surface area contributed by atoms with E-state index in [4.69, 9.17) is 4.42 Å². The van der Waals surface area contributed by atoms with Crippen molar-refractivity contribution >= 4 is 5.91 Å². The van der Waals surface area contributed by atoms with Gasteiger partial charge in [0.2, 0.25) is 11.8 Å². The Hall–Kier alpha value is -2.14. The van der Waals surface area contributed by atoms with E-state index in [0.717, 1.165) is 38.2 Å². The number of oxazole rings is 1. The van der Waals surface area contributed by atoms with Crippen molar-refractivity contribution in [3.63, 3.8) is 0 Å². The summed E-state index contributed by atoms with van der Waals surface area (Å²) in [6.45, 7) is 9.08. The SMILES string of the molecule is CCc1cnc(CN(C(C)=O)[C@@H]2CCN(Cc3cccc(C)c3)C2)o1. The van der Waals surface area contributed by atoms with Gasteiger partial charge in [-0.05, 0) is 18.9 Å². The number of hydrogen-bond donors (Lipinski definition) is 0. The molecule has 0 bridgehead atoms. The van der Waals surface area contributed by atoms with E-state index in [-0.39, 0.29) is 11.9 Å². The zero-order valence-electron chi connectivity index (χ0n) is 15.4. The summed E-state index contributed by atoms with van der Waals surface area (Å²) in [5.74, 6) is 1.58. The normalized spacial score (nSPS) is 17.8. The first-order chi connectivity index (χ1) is 12.0. The van der Waals surface area contributed by atoms with Crippen molar-refractivity contribution in [3.8, 4) is 0 Å². The Kier molecular flexibility index (Phi) is 5.53. The van der Waals surface area contributed by atoms with Crippen LogP contribution in [0.15, 0.2) is 34.9 Å². The standard InChI is InChI=1S/C20H27N3O2/c1-4-19-11-21-20(25-19)14-23(16(3)24)18-8-9-22(13-18)12-17-7-5-6-15(2)10-17/h5-7,10-11,18H,4,8-9,12-14H2,1-3H3/t18-/m1/s1. The molecule has 134 valence electrons. The maximum Gasteiger partial charge on any atom is 0.220 e. The van der Waals surface area contributed by atoms with Crippen LogP contribution in [-0.2, 0) is 24.3 Å². The third-order valence-electron chi connectivity index (χ3n) is 4.84. The Labute approximate surface area is 149 Å². The molecule has 3 rings (SSSR count). The summed E-state index contributed by atoms with van der Waals surface area (Å²) in [4.78, 5) is 20.8. The number of benzene rings is 1. The molecule has 5 heteroatoms. The Bertz CT molecular complexity index is 725. The number of nitrogens with zero attached hydrogens (tertiary/aromatic N) is 3. The molecule has 0 aliphatic carbocycles. The number of carbonyl (C=O) groups is 1. The third-order valence-corrected chi connectivity index (χ3v) is 4.84. The zero-order chi connectivity index (χ0) is 17.8. The van der Waals surface area contributed by atoms with Gasteiger partial charge in [0.05, 0.1) is 12.7 Å². The minimum absolute atomic E-state index is 0.0821. The molecule has 25 heavy (non-hydrogen) atoms.